The molecule has 0 aromatic heterocycles. The fourth-order valence-electron chi connectivity index (χ4n) is 2.56. The molecule has 2 aromatic carbocycles. The summed E-state index contributed by atoms with van der Waals surface area (Å²) in [4.78, 5) is 4.37. The van der Waals surface area contributed by atoms with Crippen LogP contribution < -0.4 is 25.3 Å². The van der Waals surface area contributed by atoms with Crippen molar-refractivity contribution in [2.75, 3.05) is 32.2 Å². The van der Waals surface area contributed by atoms with Gasteiger partial charge in [-0.3, -0.25) is 4.99 Å². The van der Waals surface area contributed by atoms with Crippen molar-refractivity contribution in [2.45, 2.75) is 12.8 Å². The van der Waals surface area contributed by atoms with Gasteiger partial charge in [0.25, 0.3) is 0 Å². The molecule has 0 unspecified atom stereocenters. The van der Waals surface area contributed by atoms with Crippen LogP contribution in [0.3, 0.4) is 0 Å². The molecule has 0 fully saturated rings. The zero-order valence-corrected chi connectivity index (χ0v) is 17.1. The summed E-state index contributed by atoms with van der Waals surface area (Å²) in [6, 6.07) is 13.6. The Bertz CT molecular complexity index is 753. The Morgan fingerprint density at radius 2 is 1.96 bits per heavy atom. The van der Waals surface area contributed by atoms with E-state index in [1.807, 2.05) is 42.5 Å². The third kappa shape index (κ3) is 5.69. The standard InChI is InChI=1S/C19H23N3O3.HI/c1-23-16-5-2-4-14(12-16)8-9-21-19(20)22-15-6-7-17-18(13-15)25-11-3-10-24-17;/h2,4-7,12-13H,3,8-11H2,1H3,(H3,20,21,22);1H. The number of guanidine groups is 1. The van der Waals surface area contributed by atoms with Crippen LogP contribution in [-0.2, 0) is 6.42 Å². The molecule has 3 N–H and O–H groups in total. The Morgan fingerprint density at radius 3 is 2.77 bits per heavy atom. The Labute approximate surface area is 170 Å². The molecule has 6 nitrogen and oxygen atoms in total. The van der Waals surface area contributed by atoms with Gasteiger partial charge in [0.15, 0.2) is 17.5 Å². The molecule has 0 bridgehead atoms. The minimum absolute atomic E-state index is 0. The summed E-state index contributed by atoms with van der Waals surface area (Å²) in [5.74, 6) is 2.71. The van der Waals surface area contributed by atoms with Crippen LogP contribution in [0.4, 0.5) is 5.69 Å². The van der Waals surface area contributed by atoms with Crippen LogP contribution in [0.1, 0.15) is 12.0 Å². The van der Waals surface area contributed by atoms with E-state index in [4.69, 9.17) is 19.9 Å². The Balaban J connectivity index is 0.00000243. The largest absolute Gasteiger partial charge is 0.497 e. The lowest BCUT2D eigenvalue weighted by molar-refractivity contribution is 0.297. The first-order valence-corrected chi connectivity index (χ1v) is 8.34. The topological polar surface area (TPSA) is 78.1 Å². The summed E-state index contributed by atoms with van der Waals surface area (Å²) in [6.07, 6.45) is 1.67. The number of hydrogen-bond acceptors (Lipinski definition) is 4. The molecule has 0 radical (unpaired) electrons. The normalized spacial score (nSPS) is 13.3. The molecule has 0 atom stereocenters. The number of nitrogens with zero attached hydrogens (tertiary/aromatic N) is 1. The van der Waals surface area contributed by atoms with Crippen LogP contribution in [0.2, 0.25) is 0 Å². The van der Waals surface area contributed by atoms with Gasteiger partial charge in [0.2, 0.25) is 0 Å². The second-order valence-electron chi connectivity index (χ2n) is 5.71. The lowest BCUT2D eigenvalue weighted by Gasteiger charge is -2.10. The zero-order valence-electron chi connectivity index (χ0n) is 14.7. The molecule has 2 aromatic rings. The molecule has 1 heterocycles. The molecular formula is C19H24IN3O3. The van der Waals surface area contributed by atoms with E-state index in [1.54, 1.807) is 7.11 Å². The van der Waals surface area contributed by atoms with Gasteiger partial charge in [-0.05, 0) is 36.2 Å². The van der Waals surface area contributed by atoms with Crippen molar-refractivity contribution >= 4 is 35.6 Å². The van der Waals surface area contributed by atoms with Crippen molar-refractivity contribution in [3.8, 4) is 17.2 Å². The second kappa shape index (κ2) is 10.1. The Kier molecular flexibility index (Phi) is 7.83. The molecule has 1 aliphatic rings. The minimum Gasteiger partial charge on any atom is -0.497 e. The number of anilines is 1. The number of benzene rings is 2. The van der Waals surface area contributed by atoms with Crippen molar-refractivity contribution in [2.24, 2.45) is 10.7 Å². The quantitative estimate of drug-likeness (QED) is 0.399. The minimum atomic E-state index is 0. The lowest BCUT2D eigenvalue weighted by atomic mass is 10.1. The van der Waals surface area contributed by atoms with Crippen molar-refractivity contribution < 1.29 is 14.2 Å². The predicted octanol–water partition coefficient (Wildman–Crippen LogP) is 3.44. The molecule has 7 heteroatoms. The average Bonchev–Trinajstić information content (AvgIpc) is 2.87. The maximum Gasteiger partial charge on any atom is 0.193 e. The highest BCUT2D eigenvalue weighted by molar-refractivity contribution is 14.0. The molecule has 0 aliphatic carbocycles. The number of aliphatic imine (C=N–C) groups is 1. The van der Waals surface area contributed by atoms with Crippen LogP contribution in [0, 0.1) is 0 Å². The molecule has 1 aliphatic heterocycles. The highest BCUT2D eigenvalue weighted by Gasteiger charge is 2.10. The van der Waals surface area contributed by atoms with E-state index in [2.05, 4.69) is 10.3 Å². The maximum absolute atomic E-state index is 5.98. The summed E-state index contributed by atoms with van der Waals surface area (Å²) in [5, 5.41) is 3.09. The van der Waals surface area contributed by atoms with Crippen molar-refractivity contribution in [1.82, 2.24) is 0 Å². The van der Waals surface area contributed by atoms with Gasteiger partial charge in [0.1, 0.15) is 5.75 Å². The van der Waals surface area contributed by atoms with Crippen LogP contribution in [0.15, 0.2) is 47.5 Å². The molecule has 3 rings (SSSR count). The van der Waals surface area contributed by atoms with Gasteiger partial charge in [0, 0.05) is 24.7 Å². The zero-order chi connectivity index (χ0) is 17.5. The number of methoxy groups -OCH3 is 1. The van der Waals surface area contributed by atoms with Crippen LogP contribution >= 0.6 is 24.0 Å². The number of rotatable bonds is 5. The third-order valence-corrected chi connectivity index (χ3v) is 3.84. The molecule has 26 heavy (non-hydrogen) atoms. The van der Waals surface area contributed by atoms with Gasteiger partial charge in [-0.1, -0.05) is 12.1 Å². The first-order valence-electron chi connectivity index (χ1n) is 8.34. The Morgan fingerprint density at radius 1 is 1.15 bits per heavy atom. The van der Waals surface area contributed by atoms with Crippen molar-refractivity contribution in [3.63, 3.8) is 0 Å². The molecule has 0 amide bonds. The number of fused-ring (bicyclic) bond motifs is 1. The van der Waals surface area contributed by atoms with Gasteiger partial charge in [-0.25, -0.2) is 0 Å². The molecule has 0 saturated carbocycles. The van der Waals surface area contributed by atoms with Gasteiger partial charge < -0.3 is 25.3 Å². The molecule has 0 saturated heterocycles. The smallest absolute Gasteiger partial charge is 0.193 e. The van der Waals surface area contributed by atoms with Crippen LogP contribution in [-0.4, -0.2) is 32.8 Å². The summed E-state index contributed by atoms with van der Waals surface area (Å²) in [6.45, 7) is 1.92. The summed E-state index contributed by atoms with van der Waals surface area (Å²) in [7, 11) is 1.66. The van der Waals surface area contributed by atoms with Gasteiger partial charge >= 0.3 is 0 Å². The van der Waals surface area contributed by atoms with E-state index in [9.17, 15) is 0 Å². The van der Waals surface area contributed by atoms with E-state index >= 15 is 0 Å². The Hall–Kier alpha value is -2.16. The molecule has 0 spiro atoms. The average molecular weight is 469 g/mol. The van der Waals surface area contributed by atoms with Gasteiger partial charge in [0.05, 0.1) is 20.3 Å². The summed E-state index contributed by atoms with van der Waals surface area (Å²) >= 11 is 0. The van der Waals surface area contributed by atoms with E-state index in [0.29, 0.717) is 25.7 Å². The number of hydrogen-bond donors (Lipinski definition) is 2. The fourth-order valence-corrected chi connectivity index (χ4v) is 2.56. The fraction of sp³-hybridized carbons (Fsp3) is 0.316. The SMILES string of the molecule is COc1cccc(CCN=C(N)Nc2ccc3c(c2)OCCCO3)c1.I. The number of nitrogens with two attached hydrogens (primary N) is 1. The van der Waals surface area contributed by atoms with Crippen molar-refractivity contribution in [1.29, 1.82) is 0 Å². The first-order chi connectivity index (χ1) is 12.2. The van der Waals surface area contributed by atoms with Gasteiger partial charge in [-0.15, -0.1) is 24.0 Å². The van der Waals surface area contributed by atoms with E-state index in [-0.39, 0.29) is 24.0 Å². The van der Waals surface area contributed by atoms with E-state index in [1.165, 1.54) is 0 Å². The van der Waals surface area contributed by atoms with Crippen LogP contribution in [0.5, 0.6) is 17.2 Å². The molecule has 140 valence electrons. The monoisotopic (exact) mass is 469 g/mol. The van der Waals surface area contributed by atoms with E-state index in [0.717, 1.165) is 41.3 Å². The molecular weight excluding hydrogens is 445 g/mol. The first kappa shape index (κ1) is 20.2. The predicted molar refractivity (Wildman–Crippen MR) is 114 cm³/mol. The maximum atomic E-state index is 5.98. The number of halogens is 1. The lowest BCUT2D eigenvalue weighted by Crippen LogP contribution is -2.23. The van der Waals surface area contributed by atoms with E-state index < -0.39 is 0 Å². The summed E-state index contributed by atoms with van der Waals surface area (Å²) in [5.41, 5.74) is 7.96. The van der Waals surface area contributed by atoms with Gasteiger partial charge in [-0.2, -0.15) is 0 Å². The number of nitrogens with one attached hydrogen (secondary N) is 1. The summed E-state index contributed by atoms with van der Waals surface area (Å²) < 4.78 is 16.5. The highest BCUT2D eigenvalue weighted by Crippen LogP contribution is 2.32. The third-order valence-electron chi connectivity index (χ3n) is 3.84. The number of ether oxygens (including phenoxy) is 3. The van der Waals surface area contributed by atoms with Crippen molar-refractivity contribution in [3.05, 3.63) is 48.0 Å². The second-order valence-corrected chi connectivity index (χ2v) is 5.71. The van der Waals surface area contributed by atoms with Crippen LogP contribution in [0.25, 0.3) is 0 Å². The highest BCUT2D eigenvalue weighted by atomic mass is 127.